The zero-order valence-corrected chi connectivity index (χ0v) is 10.1. The molecule has 0 amide bonds. The van der Waals surface area contributed by atoms with Gasteiger partial charge in [-0.05, 0) is 30.0 Å². The molecule has 0 aliphatic heterocycles. The van der Waals surface area contributed by atoms with Crippen LogP contribution in [0.25, 0.3) is 5.70 Å². The van der Waals surface area contributed by atoms with E-state index in [-0.39, 0.29) is 0 Å². The number of nitrogens with one attached hydrogen (secondary N) is 1. The summed E-state index contributed by atoms with van der Waals surface area (Å²) in [6.07, 6.45) is 1.16. The highest BCUT2D eigenvalue weighted by Gasteiger charge is 1.98. The van der Waals surface area contributed by atoms with Crippen molar-refractivity contribution in [2.24, 2.45) is 5.92 Å². The summed E-state index contributed by atoms with van der Waals surface area (Å²) in [7, 11) is 0. The lowest BCUT2D eigenvalue weighted by molar-refractivity contribution is 0.574. The second-order valence-corrected chi connectivity index (χ2v) is 4.53. The van der Waals surface area contributed by atoms with Crippen LogP contribution in [0.2, 0.25) is 5.02 Å². The highest BCUT2D eigenvalue weighted by molar-refractivity contribution is 6.30. The van der Waals surface area contributed by atoms with E-state index in [0.717, 1.165) is 35.2 Å². The minimum absolute atomic E-state index is 0.718. The molecule has 0 unspecified atom stereocenters. The summed E-state index contributed by atoms with van der Waals surface area (Å²) >= 11 is 5.81. The fraction of sp³-hybridized carbons (Fsp3) is 0.385. The maximum absolute atomic E-state index is 5.81. The van der Waals surface area contributed by atoms with Crippen LogP contribution >= 0.6 is 11.6 Å². The van der Waals surface area contributed by atoms with Crippen molar-refractivity contribution in [3.63, 3.8) is 0 Å². The summed E-state index contributed by atoms with van der Waals surface area (Å²) in [5.41, 5.74) is 2.07. The first-order valence-electron chi connectivity index (χ1n) is 5.28. The molecular weight excluding hydrogens is 206 g/mol. The highest BCUT2D eigenvalue weighted by atomic mass is 35.5. The molecule has 0 radical (unpaired) electrons. The van der Waals surface area contributed by atoms with Crippen molar-refractivity contribution in [1.29, 1.82) is 0 Å². The van der Waals surface area contributed by atoms with Gasteiger partial charge in [-0.15, -0.1) is 0 Å². The van der Waals surface area contributed by atoms with E-state index >= 15 is 0 Å². The third-order valence-corrected chi connectivity index (χ3v) is 2.50. The SMILES string of the molecule is C=C(NCCC(C)C)c1ccc(Cl)cc1. The maximum atomic E-state index is 5.81. The zero-order valence-electron chi connectivity index (χ0n) is 9.39. The van der Waals surface area contributed by atoms with E-state index in [1.54, 1.807) is 0 Å². The van der Waals surface area contributed by atoms with Gasteiger partial charge in [-0.3, -0.25) is 0 Å². The van der Waals surface area contributed by atoms with Gasteiger partial charge in [0.2, 0.25) is 0 Å². The van der Waals surface area contributed by atoms with E-state index in [1.165, 1.54) is 0 Å². The molecule has 15 heavy (non-hydrogen) atoms. The molecule has 0 saturated heterocycles. The summed E-state index contributed by atoms with van der Waals surface area (Å²) in [5, 5.41) is 4.07. The molecule has 1 aromatic rings. The van der Waals surface area contributed by atoms with Crippen molar-refractivity contribution in [2.45, 2.75) is 20.3 Å². The second-order valence-electron chi connectivity index (χ2n) is 4.09. The highest BCUT2D eigenvalue weighted by Crippen LogP contribution is 2.14. The van der Waals surface area contributed by atoms with Gasteiger partial charge in [-0.25, -0.2) is 0 Å². The van der Waals surface area contributed by atoms with Crippen molar-refractivity contribution in [3.05, 3.63) is 41.4 Å². The Labute approximate surface area is 97.1 Å². The average molecular weight is 224 g/mol. The van der Waals surface area contributed by atoms with E-state index in [2.05, 4.69) is 25.7 Å². The Hall–Kier alpha value is -0.950. The monoisotopic (exact) mass is 223 g/mol. The summed E-state index contributed by atoms with van der Waals surface area (Å²) < 4.78 is 0. The summed E-state index contributed by atoms with van der Waals surface area (Å²) in [5.74, 6) is 0.718. The number of halogens is 1. The number of hydrogen-bond acceptors (Lipinski definition) is 1. The molecule has 0 spiro atoms. The van der Waals surface area contributed by atoms with Gasteiger partial charge < -0.3 is 5.32 Å². The largest absolute Gasteiger partial charge is 0.385 e. The lowest BCUT2D eigenvalue weighted by Crippen LogP contribution is -2.14. The zero-order chi connectivity index (χ0) is 11.3. The fourth-order valence-corrected chi connectivity index (χ4v) is 1.39. The van der Waals surface area contributed by atoms with Crippen molar-refractivity contribution in [3.8, 4) is 0 Å². The molecule has 82 valence electrons. The Bertz CT molecular complexity index is 314. The van der Waals surface area contributed by atoms with E-state index in [9.17, 15) is 0 Å². The average Bonchev–Trinajstić information content (AvgIpc) is 2.18. The molecule has 0 fully saturated rings. The van der Waals surface area contributed by atoms with Crippen molar-refractivity contribution >= 4 is 17.3 Å². The van der Waals surface area contributed by atoms with E-state index in [1.807, 2.05) is 24.3 Å². The summed E-state index contributed by atoms with van der Waals surface area (Å²) in [4.78, 5) is 0. The van der Waals surface area contributed by atoms with Crippen molar-refractivity contribution in [2.75, 3.05) is 6.54 Å². The van der Waals surface area contributed by atoms with Crippen LogP contribution in [0, 0.1) is 5.92 Å². The quantitative estimate of drug-likeness (QED) is 0.797. The van der Waals surface area contributed by atoms with Crippen LogP contribution in [0.4, 0.5) is 0 Å². The van der Waals surface area contributed by atoms with E-state index in [0.29, 0.717) is 0 Å². The first-order valence-corrected chi connectivity index (χ1v) is 5.66. The second kappa shape index (κ2) is 5.82. The van der Waals surface area contributed by atoms with Crippen molar-refractivity contribution < 1.29 is 0 Å². The third kappa shape index (κ3) is 4.39. The molecule has 0 aliphatic carbocycles. The topological polar surface area (TPSA) is 12.0 Å². The Morgan fingerprint density at radius 2 is 1.93 bits per heavy atom. The first-order chi connectivity index (χ1) is 7.09. The minimum atomic E-state index is 0.718. The van der Waals surface area contributed by atoms with Gasteiger partial charge in [0.1, 0.15) is 0 Å². The summed E-state index contributed by atoms with van der Waals surface area (Å²) in [6, 6.07) is 7.72. The molecular formula is C13H18ClN. The van der Waals surface area contributed by atoms with Gasteiger partial charge in [0.05, 0.1) is 0 Å². The molecule has 2 heteroatoms. The van der Waals surface area contributed by atoms with Crippen molar-refractivity contribution in [1.82, 2.24) is 5.32 Å². The number of benzene rings is 1. The Kier molecular flexibility index (Phi) is 4.70. The van der Waals surface area contributed by atoms with Crippen LogP contribution in [-0.2, 0) is 0 Å². The van der Waals surface area contributed by atoms with Crippen LogP contribution in [0.3, 0.4) is 0 Å². The lowest BCUT2D eigenvalue weighted by atomic mass is 10.1. The van der Waals surface area contributed by atoms with Crippen LogP contribution in [-0.4, -0.2) is 6.54 Å². The third-order valence-electron chi connectivity index (χ3n) is 2.25. The van der Waals surface area contributed by atoms with Gasteiger partial charge in [-0.2, -0.15) is 0 Å². The predicted octanol–water partition coefficient (Wildman–Crippen LogP) is 3.95. The predicted molar refractivity (Wildman–Crippen MR) is 67.9 cm³/mol. The first kappa shape index (κ1) is 12.1. The van der Waals surface area contributed by atoms with Crippen LogP contribution in [0.5, 0.6) is 0 Å². The molecule has 1 nitrogen and oxygen atoms in total. The normalized spacial score (nSPS) is 10.4. The Balaban J connectivity index is 2.43. The number of hydrogen-bond donors (Lipinski definition) is 1. The molecule has 0 saturated carbocycles. The van der Waals surface area contributed by atoms with Gasteiger partial charge in [0.15, 0.2) is 0 Å². The lowest BCUT2D eigenvalue weighted by Gasteiger charge is -2.11. The van der Waals surface area contributed by atoms with Crippen LogP contribution < -0.4 is 5.32 Å². The van der Waals surface area contributed by atoms with E-state index < -0.39 is 0 Å². The minimum Gasteiger partial charge on any atom is -0.385 e. The molecule has 1 N–H and O–H groups in total. The van der Waals surface area contributed by atoms with Gasteiger partial charge in [0.25, 0.3) is 0 Å². The smallest absolute Gasteiger partial charge is 0.0406 e. The van der Waals surface area contributed by atoms with Gasteiger partial charge >= 0.3 is 0 Å². The number of rotatable bonds is 5. The molecule has 0 aromatic heterocycles. The van der Waals surface area contributed by atoms with E-state index in [4.69, 9.17) is 11.6 Å². The van der Waals surface area contributed by atoms with Crippen LogP contribution in [0.1, 0.15) is 25.8 Å². The molecule has 0 heterocycles. The van der Waals surface area contributed by atoms with Gasteiger partial charge in [-0.1, -0.05) is 44.2 Å². The molecule has 0 bridgehead atoms. The molecule has 0 aliphatic rings. The molecule has 0 atom stereocenters. The van der Waals surface area contributed by atoms with Gasteiger partial charge in [0, 0.05) is 17.3 Å². The van der Waals surface area contributed by atoms with Crippen LogP contribution in [0.15, 0.2) is 30.8 Å². The molecule has 1 aromatic carbocycles. The molecule has 1 rings (SSSR count). The summed E-state index contributed by atoms with van der Waals surface area (Å²) in [6.45, 7) is 9.40. The standard InChI is InChI=1S/C13H18ClN/c1-10(2)8-9-15-11(3)12-4-6-13(14)7-5-12/h4-7,10,15H,3,8-9H2,1-2H3. The maximum Gasteiger partial charge on any atom is 0.0406 e. The Morgan fingerprint density at radius 1 is 1.33 bits per heavy atom. The fourth-order valence-electron chi connectivity index (χ4n) is 1.26. The Morgan fingerprint density at radius 3 is 2.47 bits per heavy atom.